The number of aromatic nitrogens is 1. The van der Waals surface area contributed by atoms with Gasteiger partial charge in [-0.1, -0.05) is 18.2 Å². The van der Waals surface area contributed by atoms with Crippen molar-refractivity contribution >= 4 is 16.9 Å². The van der Waals surface area contributed by atoms with Gasteiger partial charge in [-0.25, -0.2) is 4.79 Å². The summed E-state index contributed by atoms with van der Waals surface area (Å²) in [6.07, 6.45) is -0.541. The summed E-state index contributed by atoms with van der Waals surface area (Å²) >= 11 is 0. The first-order chi connectivity index (χ1) is 8.45. The molecule has 18 heavy (non-hydrogen) atoms. The number of aromatic carboxylic acids is 1. The minimum Gasteiger partial charge on any atom is -0.478 e. The first-order valence-corrected chi connectivity index (χ1v) is 5.96. The number of rotatable bonds is 3. The molecular weight excluding hydrogens is 230 g/mol. The van der Waals surface area contributed by atoms with Crippen LogP contribution in [-0.2, 0) is 0 Å². The molecule has 4 nitrogen and oxygen atoms in total. The van der Waals surface area contributed by atoms with E-state index in [9.17, 15) is 15.0 Å². The number of para-hydroxylation sites is 1. The lowest BCUT2D eigenvalue weighted by molar-refractivity contribution is 0.0697. The fourth-order valence-corrected chi connectivity index (χ4v) is 2.40. The van der Waals surface area contributed by atoms with E-state index in [1.165, 1.54) is 0 Å². The monoisotopic (exact) mass is 247 g/mol. The Morgan fingerprint density at radius 2 is 1.89 bits per heavy atom. The van der Waals surface area contributed by atoms with Crippen molar-refractivity contribution in [2.75, 3.05) is 0 Å². The normalized spacial score (nSPS) is 14.7. The Kier molecular flexibility index (Phi) is 3.13. The Labute approximate surface area is 105 Å². The van der Waals surface area contributed by atoms with Crippen molar-refractivity contribution in [2.45, 2.75) is 32.9 Å². The van der Waals surface area contributed by atoms with E-state index in [1.807, 2.05) is 29.7 Å². The average molecular weight is 247 g/mol. The van der Waals surface area contributed by atoms with Crippen LogP contribution in [0.4, 0.5) is 0 Å². The van der Waals surface area contributed by atoms with Crippen LogP contribution in [0.15, 0.2) is 24.3 Å². The van der Waals surface area contributed by atoms with Gasteiger partial charge in [-0.3, -0.25) is 0 Å². The van der Waals surface area contributed by atoms with Gasteiger partial charge in [0.1, 0.15) is 0 Å². The Hall–Kier alpha value is -1.81. The summed E-state index contributed by atoms with van der Waals surface area (Å²) < 4.78 is 1.89. The number of fused-ring (bicyclic) bond motifs is 1. The number of nitrogens with zero attached hydrogens (tertiary/aromatic N) is 1. The molecule has 2 rings (SSSR count). The molecule has 1 aromatic heterocycles. The lowest BCUT2D eigenvalue weighted by atomic mass is 10.1. The molecule has 0 spiro atoms. The van der Waals surface area contributed by atoms with Crippen molar-refractivity contribution in [1.82, 2.24) is 4.57 Å². The summed E-state index contributed by atoms with van der Waals surface area (Å²) in [7, 11) is 0. The predicted octanol–water partition coefficient (Wildman–Crippen LogP) is 2.59. The molecule has 0 saturated carbocycles. The van der Waals surface area contributed by atoms with E-state index >= 15 is 0 Å². The standard InChI is InChI=1S/C14H17NO3/c1-8(10(3)16)15-9(2)13(14(17)18)11-6-4-5-7-12(11)15/h4-8,10,16H,1-3H3,(H,17,18). The number of benzene rings is 1. The van der Waals surface area contributed by atoms with Crippen LogP contribution in [-0.4, -0.2) is 26.9 Å². The smallest absolute Gasteiger partial charge is 0.338 e. The van der Waals surface area contributed by atoms with Crippen LogP contribution in [0, 0.1) is 6.92 Å². The Morgan fingerprint density at radius 3 is 2.44 bits per heavy atom. The van der Waals surface area contributed by atoms with Gasteiger partial charge in [0.25, 0.3) is 0 Å². The number of hydrogen-bond acceptors (Lipinski definition) is 2. The van der Waals surface area contributed by atoms with E-state index in [1.54, 1.807) is 19.9 Å². The van der Waals surface area contributed by atoms with Crippen molar-refractivity contribution in [1.29, 1.82) is 0 Å². The van der Waals surface area contributed by atoms with Gasteiger partial charge in [-0.05, 0) is 26.8 Å². The molecule has 96 valence electrons. The van der Waals surface area contributed by atoms with Crippen LogP contribution < -0.4 is 0 Å². The molecule has 0 radical (unpaired) electrons. The molecule has 1 aromatic carbocycles. The van der Waals surface area contributed by atoms with Gasteiger partial charge in [0.05, 0.1) is 17.7 Å². The average Bonchev–Trinajstić information content (AvgIpc) is 2.60. The Balaban J connectivity index is 2.81. The number of carbonyl (C=O) groups is 1. The molecule has 2 N–H and O–H groups in total. The molecule has 0 bridgehead atoms. The number of aliphatic hydroxyl groups excluding tert-OH is 1. The zero-order chi connectivity index (χ0) is 13.4. The summed E-state index contributed by atoms with van der Waals surface area (Å²) in [5.74, 6) is -0.930. The summed E-state index contributed by atoms with van der Waals surface area (Å²) in [6, 6.07) is 7.22. The second-order valence-corrected chi connectivity index (χ2v) is 4.63. The second kappa shape index (κ2) is 4.46. The van der Waals surface area contributed by atoms with Crippen LogP contribution in [0.3, 0.4) is 0 Å². The van der Waals surface area contributed by atoms with Crippen LogP contribution in [0.2, 0.25) is 0 Å². The molecule has 1 heterocycles. The van der Waals surface area contributed by atoms with Gasteiger partial charge in [0, 0.05) is 16.6 Å². The predicted molar refractivity (Wildman–Crippen MR) is 70.0 cm³/mol. The number of carboxylic acid groups (broad SMARTS) is 1. The van der Waals surface area contributed by atoms with Gasteiger partial charge < -0.3 is 14.8 Å². The highest BCUT2D eigenvalue weighted by Crippen LogP contribution is 2.30. The molecule has 0 aliphatic rings. The highest BCUT2D eigenvalue weighted by molar-refractivity contribution is 6.05. The van der Waals surface area contributed by atoms with E-state index in [0.29, 0.717) is 11.3 Å². The van der Waals surface area contributed by atoms with Crippen molar-refractivity contribution < 1.29 is 15.0 Å². The maximum atomic E-state index is 11.4. The Morgan fingerprint density at radius 1 is 1.28 bits per heavy atom. The number of hydrogen-bond donors (Lipinski definition) is 2. The third-order valence-corrected chi connectivity index (χ3v) is 3.48. The first-order valence-electron chi connectivity index (χ1n) is 5.96. The molecule has 0 fully saturated rings. The molecule has 2 aromatic rings. The zero-order valence-corrected chi connectivity index (χ0v) is 10.7. The van der Waals surface area contributed by atoms with Crippen molar-refractivity contribution in [3.05, 3.63) is 35.5 Å². The van der Waals surface area contributed by atoms with Gasteiger partial charge in [0.2, 0.25) is 0 Å². The van der Waals surface area contributed by atoms with Crippen LogP contribution in [0.5, 0.6) is 0 Å². The lowest BCUT2D eigenvalue weighted by Crippen LogP contribution is -2.19. The molecule has 0 aliphatic carbocycles. The van der Waals surface area contributed by atoms with E-state index in [4.69, 9.17) is 0 Å². The molecule has 0 aliphatic heterocycles. The quantitative estimate of drug-likeness (QED) is 0.876. The van der Waals surface area contributed by atoms with Crippen molar-refractivity contribution in [2.24, 2.45) is 0 Å². The highest BCUT2D eigenvalue weighted by Gasteiger charge is 2.23. The molecule has 0 amide bonds. The highest BCUT2D eigenvalue weighted by atomic mass is 16.4. The van der Waals surface area contributed by atoms with Crippen molar-refractivity contribution in [3.8, 4) is 0 Å². The number of carboxylic acids is 1. The third-order valence-electron chi connectivity index (χ3n) is 3.48. The maximum absolute atomic E-state index is 11.4. The topological polar surface area (TPSA) is 62.5 Å². The lowest BCUT2D eigenvalue weighted by Gasteiger charge is -2.20. The summed E-state index contributed by atoms with van der Waals surface area (Å²) in [5, 5.41) is 19.8. The van der Waals surface area contributed by atoms with Gasteiger partial charge in [-0.15, -0.1) is 0 Å². The molecule has 2 unspecified atom stereocenters. The van der Waals surface area contributed by atoms with Crippen LogP contribution >= 0.6 is 0 Å². The molecular formula is C14H17NO3. The van der Waals surface area contributed by atoms with Crippen molar-refractivity contribution in [3.63, 3.8) is 0 Å². The summed E-state index contributed by atoms with van der Waals surface area (Å²) in [5.41, 5.74) is 1.84. The molecule has 0 saturated heterocycles. The van der Waals surface area contributed by atoms with Gasteiger partial charge in [0.15, 0.2) is 0 Å². The van der Waals surface area contributed by atoms with E-state index < -0.39 is 12.1 Å². The SMILES string of the molecule is Cc1c(C(=O)O)c2ccccc2n1C(C)C(C)O. The zero-order valence-electron chi connectivity index (χ0n) is 10.7. The molecule has 2 atom stereocenters. The van der Waals surface area contributed by atoms with Gasteiger partial charge in [-0.2, -0.15) is 0 Å². The minimum absolute atomic E-state index is 0.164. The largest absolute Gasteiger partial charge is 0.478 e. The van der Waals surface area contributed by atoms with Crippen LogP contribution in [0.1, 0.15) is 35.9 Å². The van der Waals surface area contributed by atoms with E-state index in [2.05, 4.69) is 0 Å². The van der Waals surface area contributed by atoms with Crippen LogP contribution in [0.25, 0.3) is 10.9 Å². The number of aliphatic hydroxyl groups is 1. The molecule has 4 heteroatoms. The maximum Gasteiger partial charge on any atom is 0.338 e. The minimum atomic E-state index is -0.930. The Bertz CT molecular complexity index is 598. The fraction of sp³-hybridized carbons (Fsp3) is 0.357. The summed E-state index contributed by atoms with van der Waals surface area (Å²) in [4.78, 5) is 11.4. The summed E-state index contributed by atoms with van der Waals surface area (Å²) in [6.45, 7) is 5.37. The van der Waals surface area contributed by atoms with E-state index in [-0.39, 0.29) is 6.04 Å². The second-order valence-electron chi connectivity index (χ2n) is 4.63. The fourth-order valence-electron chi connectivity index (χ4n) is 2.40. The first kappa shape index (κ1) is 12.6. The van der Waals surface area contributed by atoms with E-state index in [0.717, 1.165) is 10.9 Å². The van der Waals surface area contributed by atoms with Gasteiger partial charge >= 0.3 is 5.97 Å². The third kappa shape index (κ3) is 1.78.